The highest BCUT2D eigenvalue weighted by Gasteiger charge is 2.13. The Labute approximate surface area is 125 Å². The van der Waals surface area contributed by atoms with Gasteiger partial charge in [0.25, 0.3) is 0 Å². The Bertz CT molecular complexity index is 627. The number of nitrogens with zero attached hydrogens (tertiary/aromatic N) is 2. The first-order valence-corrected chi connectivity index (χ1v) is 6.91. The minimum absolute atomic E-state index is 0.190. The second-order valence-corrected chi connectivity index (χ2v) is 5.23. The predicted molar refractivity (Wildman–Crippen MR) is 82.5 cm³/mol. The Morgan fingerprint density at radius 3 is 2.67 bits per heavy atom. The number of methoxy groups -OCH3 is 1. The van der Waals surface area contributed by atoms with Gasteiger partial charge in [0, 0.05) is 13.0 Å². The summed E-state index contributed by atoms with van der Waals surface area (Å²) in [6.45, 7) is 6.44. The zero-order valence-corrected chi connectivity index (χ0v) is 12.9. The smallest absolute Gasteiger partial charge is 0.227 e. The minimum Gasteiger partial charge on any atom is -0.439 e. The number of aromatic nitrogens is 2. The number of rotatable bonds is 5. The van der Waals surface area contributed by atoms with Gasteiger partial charge < -0.3 is 15.2 Å². The molecule has 0 amide bonds. The zero-order valence-electron chi connectivity index (χ0n) is 12.9. The molecule has 2 rings (SSSR count). The lowest BCUT2D eigenvalue weighted by molar-refractivity contribution is 0.184. The van der Waals surface area contributed by atoms with Crippen molar-refractivity contribution in [2.75, 3.05) is 12.8 Å². The first kappa shape index (κ1) is 15.3. The second-order valence-electron chi connectivity index (χ2n) is 5.23. The van der Waals surface area contributed by atoms with Crippen molar-refractivity contribution in [2.45, 2.75) is 33.3 Å². The van der Waals surface area contributed by atoms with Gasteiger partial charge in [-0.15, -0.1) is 0 Å². The molecular formula is C16H21N3O2. The molecule has 0 radical (unpaired) electrons. The fourth-order valence-corrected chi connectivity index (χ4v) is 1.86. The van der Waals surface area contributed by atoms with Gasteiger partial charge in [0.15, 0.2) is 0 Å². The van der Waals surface area contributed by atoms with Crippen LogP contribution in [0.2, 0.25) is 0 Å². The molecule has 0 bridgehead atoms. The quantitative estimate of drug-likeness (QED) is 0.912. The van der Waals surface area contributed by atoms with Gasteiger partial charge in [-0.3, -0.25) is 0 Å². The molecule has 2 aromatic rings. The van der Waals surface area contributed by atoms with Crippen molar-refractivity contribution in [1.29, 1.82) is 0 Å². The molecule has 5 heteroatoms. The monoisotopic (exact) mass is 287 g/mol. The lowest BCUT2D eigenvalue weighted by Gasteiger charge is -2.13. The Kier molecular flexibility index (Phi) is 4.75. The van der Waals surface area contributed by atoms with Crippen molar-refractivity contribution in [3.8, 4) is 11.6 Å². The SMILES string of the molecule is COCc1cccc(Oc2nc(C(C)C)nc(N)c2C)c1. The van der Waals surface area contributed by atoms with E-state index in [0.29, 0.717) is 29.9 Å². The largest absolute Gasteiger partial charge is 0.439 e. The van der Waals surface area contributed by atoms with Crippen molar-refractivity contribution in [3.63, 3.8) is 0 Å². The van der Waals surface area contributed by atoms with E-state index >= 15 is 0 Å². The fraction of sp³-hybridized carbons (Fsp3) is 0.375. The van der Waals surface area contributed by atoms with Gasteiger partial charge in [-0.25, -0.2) is 4.98 Å². The van der Waals surface area contributed by atoms with Gasteiger partial charge >= 0.3 is 0 Å². The molecule has 2 N–H and O–H groups in total. The Hall–Kier alpha value is -2.14. The molecule has 112 valence electrons. The van der Waals surface area contributed by atoms with E-state index in [-0.39, 0.29) is 5.92 Å². The standard InChI is InChI=1S/C16H21N3O2/c1-10(2)15-18-14(17)11(3)16(19-15)21-13-7-5-6-12(8-13)9-20-4/h5-8,10H,9H2,1-4H3,(H2,17,18,19). The lowest BCUT2D eigenvalue weighted by atomic mass is 10.2. The molecule has 5 nitrogen and oxygen atoms in total. The van der Waals surface area contributed by atoms with Crippen molar-refractivity contribution in [3.05, 3.63) is 41.2 Å². The summed E-state index contributed by atoms with van der Waals surface area (Å²) in [5, 5.41) is 0. The summed E-state index contributed by atoms with van der Waals surface area (Å²) in [6.07, 6.45) is 0. The molecule has 0 aliphatic heterocycles. The highest BCUT2D eigenvalue weighted by atomic mass is 16.5. The Balaban J connectivity index is 2.32. The van der Waals surface area contributed by atoms with Crippen LogP contribution >= 0.6 is 0 Å². The van der Waals surface area contributed by atoms with E-state index in [0.717, 1.165) is 11.1 Å². The third kappa shape index (κ3) is 3.70. The summed E-state index contributed by atoms with van der Waals surface area (Å²) in [5.74, 6) is 2.54. The van der Waals surface area contributed by atoms with Crippen LogP contribution in [-0.4, -0.2) is 17.1 Å². The van der Waals surface area contributed by atoms with Crippen LogP contribution in [0.3, 0.4) is 0 Å². The molecule has 0 aliphatic rings. The van der Waals surface area contributed by atoms with Crippen LogP contribution in [0, 0.1) is 6.92 Å². The Morgan fingerprint density at radius 1 is 1.24 bits per heavy atom. The summed E-state index contributed by atoms with van der Waals surface area (Å²) in [6, 6.07) is 7.71. The van der Waals surface area contributed by atoms with Crippen LogP contribution in [0.15, 0.2) is 24.3 Å². The maximum atomic E-state index is 5.94. The molecule has 1 heterocycles. The van der Waals surface area contributed by atoms with Crippen molar-refractivity contribution in [1.82, 2.24) is 9.97 Å². The summed E-state index contributed by atoms with van der Waals surface area (Å²) >= 11 is 0. The lowest BCUT2D eigenvalue weighted by Crippen LogP contribution is -2.06. The third-order valence-electron chi connectivity index (χ3n) is 3.10. The van der Waals surface area contributed by atoms with Crippen LogP contribution in [0.1, 0.15) is 36.7 Å². The fourth-order valence-electron chi connectivity index (χ4n) is 1.86. The van der Waals surface area contributed by atoms with E-state index in [9.17, 15) is 0 Å². The molecular weight excluding hydrogens is 266 g/mol. The molecule has 0 saturated heterocycles. The Morgan fingerprint density at radius 2 is 2.00 bits per heavy atom. The summed E-state index contributed by atoms with van der Waals surface area (Å²) in [5.41, 5.74) is 7.73. The van der Waals surface area contributed by atoms with Gasteiger partial charge in [-0.2, -0.15) is 4.98 Å². The van der Waals surface area contributed by atoms with Crippen molar-refractivity contribution in [2.24, 2.45) is 0 Å². The average molecular weight is 287 g/mol. The molecule has 0 atom stereocenters. The van der Waals surface area contributed by atoms with Gasteiger partial charge in [0.2, 0.25) is 5.88 Å². The number of anilines is 1. The maximum absolute atomic E-state index is 5.94. The maximum Gasteiger partial charge on any atom is 0.227 e. The van der Waals surface area contributed by atoms with E-state index in [2.05, 4.69) is 9.97 Å². The summed E-state index contributed by atoms with van der Waals surface area (Å²) < 4.78 is 11.0. The van der Waals surface area contributed by atoms with Crippen molar-refractivity contribution < 1.29 is 9.47 Å². The van der Waals surface area contributed by atoms with E-state index in [1.54, 1.807) is 7.11 Å². The average Bonchev–Trinajstić information content (AvgIpc) is 2.44. The van der Waals surface area contributed by atoms with Crippen molar-refractivity contribution >= 4 is 5.82 Å². The van der Waals surface area contributed by atoms with Gasteiger partial charge in [0.1, 0.15) is 17.4 Å². The molecule has 0 fully saturated rings. The molecule has 0 unspecified atom stereocenters. The van der Waals surface area contributed by atoms with E-state index in [1.165, 1.54) is 0 Å². The normalized spacial score (nSPS) is 10.9. The van der Waals surface area contributed by atoms with Gasteiger partial charge in [0.05, 0.1) is 12.2 Å². The molecule has 1 aromatic heterocycles. The predicted octanol–water partition coefficient (Wildman–Crippen LogP) is 3.43. The van der Waals surface area contributed by atoms with Crippen LogP contribution in [0.25, 0.3) is 0 Å². The summed E-state index contributed by atoms with van der Waals surface area (Å²) in [7, 11) is 1.66. The van der Waals surface area contributed by atoms with Crippen LogP contribution < -0.4 is 10.5 Å². The zero-order chi connectivity index (χ0) is 15.4. The molecule has 0 aliphatic carbocycles. The van der Waals surface area contributed by atoms with Crippen LogP contribution in [0.5, 0.6) is 11.6 Å². The summed E-state index contributed by atoms with van der Waals surface area (Å²) in [4.78, 5) is 8.75. The molecule has 0 saturated carbocycles. The number of hydrogen-bond acceptors (Lipinski definition) is 5. The van der Waals surface area contributed by atoms with E-state index < -0.39 is 0 Å². The number of nitrogens with two attached hydrogens (primary N) is 1. The number of benzene rings is 1. The number of ether oxygens (including phenoxy) is 2. The first-order chi connectivity index (χ1) is 10.0. The highest BCUT2D eigenvalue weighted by molar-refractivity contribution is 5.46. The molecule has 0 spiro atoms. The highest BCUT2D eigenvalue weighted by Crippen LogP contribution is 2.28. The van der Waals surface area contributed by atoms with Gasteiger partial charge in [-0.1, -0.05) is 26.0 Å². The third-order valence-corrected chi connectivity index (χ3v) is 3.10. The molecule has 1 aromatic carbocycles. The van der Waals surface area contributed by atoms with Crippen LogP contribution in [0.4, 0.5) is 5.82 Å². The minimum atomic E-state index is 0.190. The molecule has 21 heavy (non-hydrogen) atoms. The first-order valence-electron chi connectivity index (χ1n) is 6.91. The second kappa shape index (κ2) is 6.54. The van der Waals surface area contributed by atoms with E-state index in [4.69, 9.17) is 15.2 Å². The van der Waals surface area contributed by atoms with Crippen LogP contribution in [-0.2, 0) is 11.3 Å². The van der Waals surface area contributed by atoms with Gasteiger partial charge in [-0.05, 0) is 24.6 Å². The van der Waals surface area contributed by atoms with E-state index in [1.807, 2.05) is 45.0 Å². The topological polar surface area (TPSA) is 70.3 Å². The number of nitrogen functional groups attached to an aromatic ring is 1. The number of hydrogen-bond donors (Lipinski definition) is 1.